The molecular weight excluding hydrogens is 370 g/mol. The predicted octanol–water partition coefficient (Wildman–Crippen LogP) is 3.25. The molecule has 1 amide bonds. The third-order valence-corrected chi connectivity index (χ3v) is 5.55. The van der Waals surface area contributed by atoms with Crippen LogP contribution in [-0.4, -0.2) is 25.2 Å². The SMILES string of the molecule is COc1ccc(C(=O)NC(=S)Nc2sc3c(c2C#N)CCC3)c(OC)c1. The molecule has 0 bridgehead atoms. The van der Waals surface area contributed by atoms with E-state index < -0.39 is 5.91 Å². The number of rotatable bonds is 4. The molecule has 6 nitrogen and oxygen atoms in total. The molecule has 0 saturated heterocycles. The Hall–Kier alpha value is -2.63. The number of nitrogens with zero attached hydrogens (tertiary/aromatic N) is 1. The van der Waals surface area contributed by atoms with E-state index in [1.807, 2.05) is 0 Å². The van der Waals surface area contributed by atoms with Crippen LogP contribution in [0, 0.1) is 11.3 Å². The second-order valence-electron chi connectivity index (χ2n) is 5.65. The number of thiocarbonyl (C=S) groups is 1. The van der Waals surface area contributed by atoms with Crippen LogP contribution in [0.3, 0.4) is 0 Å². The first kappa shape index (κ1) is 18.2. The van der Waals surface area contributed by atoms with Gasteiger partial charge in [-0.15, -0.1) is 11.3 Å². The van der Waals surface area contributed by atoms with Crippen molar-refractivity contribution >= 4 is 39.6 Å². The number of aryl methyl sites for hydroxylation is 1. The zero-order valence-corrected chi connectivity index (χ0v) is 16.0. The maximum atomic E-state index is 12.5. The van der Waals surface area contributed by atoms with E-state index in [9.17, 15) is 10.1 Å². The number of carbonyl (C=O) groups excluding carboxylic acids is 1. The van der Waals surface area contributed by atoms with E-state index in [-0.39, 0.29) is 5.11 Å². The van der Waals surface area contributed by atoms with Crippen molar-refractivity contribution in [3.05, 3.63) is 39.8 Å². The summed E-state index contributed by atoms with van der Waals surface area (Å²) in [6, 6.07) is 7.15. The molecular formula is C18H17N3O3S2. The number of carbonyl (C=O) groups is 1. The van der Waals surface area contributed by atoms with Crippen LogP contribution >= 0.6 is 23.6 Å². The fraction of sp³-hybridized carbons (Fsp3) is 0.278. The third-order valence-electron chi connectivity index (χ3n) is 4.14. The van der Waals surface area contributed by atoms with Crippen LogP contribution < -0.4 is 20.1 Å². The van der Waals surface area contributed by atoms with Crippen molar-refractivity contribution < 1.29 is 14.3 Å². The lowest BCUT2D eigenvalue weighted by molar-refractivity contribution is 0.0974. The molecule has 0 spiro atoms. The van der Waals surface area contributed by atoms with E-state index in [1.54, 1.807) is 25.3 Å². The molecule has 1 aromatic heterocycles. The van der Waals surface area contributed by atoms with E-state index in [4.69, 9.17) is 21.7 Å². The number of methoxy groups -OCH3 is 2. The average Bonchev–Trinajstić information content (AvgIpc) is 3.21. The number of thiophene rings is 1. The highest BCUT2D eigenvalue weighted by molar-refractivity contribution is 7.80. The predicted molar refractivity (Wildman–Crippen MR) is 104 cm³/mol. The van der Waals surface area contributed by atoms with Crippen molar-refractivity contribution in [1.82, 2.24) is 5.32 Å². The van der Waals surface area contributed by atoms with Gasteiger partial charge in [-0.25, -0.2) is 0 Å². The second kappa shape index (κ2) is 7.72. The molecule has 1 aromatic carbocycles. The minimum Gasteiger partial charge on any atom is -0.497 e. The van der Waals surface area contributed by atoms with Crippen LogP contribution in [0.5, 0.6) is 11.5 Å². The van der Waals surface area contributed by atoms with E-state index in [1.165, 1.54) is 23.3 Å². The standard InChI is InChI=1S/C18H17N3O3S2/c1-23-10-6-7-12(14(8-10)24-2)16(22)20-18(25)21-17-13(9-19)11-4-3-5-15(11)26-17/h6-8H,3-5H2,1-2H3,(H2,20,21,22,25). The summed E-state index contributed by atoms with van der Waals surface area (Å²) in [5.41, 5.74) is 2.07. The Labute approximate surface area is 160 Å². The van der Waals surface area contributed by atoms with E-state index in [0.717, 1.165) is 24.8 Å². The summed E-state index contributed by atoms with van der Waals surface area (Å²) >= 11 is 6.77. The lowest BCUT2D eigenvalue weighted by Crippen LogP contribution is -2.34. The summed E-state index contributed by atoms with van der Waals surface area (Å²) in [4.78, 5) is 13.7. The normalized spacial score (nSPS) is 12.0. The number of nitriles is 1. The second-order valence-corrected chi connectivity index (χ2v) is 7.16. The molecule has 134 valence electrons. The molecule has 1 aliphatic carbocycles. The molecule has 0 aliphatic heterocycles. The molecule has 2 N–H and O–H groups in total. The van der Waals surface area contributed by atoms with Gasteiger partial charge in [-0.1, -0.05) is 0 Å². The highest BCUT2D eigenvalue weighted by Crippen LogP contribution is 2.38. The largest absolute Gasteiger partial charge is 0.497 e. The maximum absolute atomic E-state index is 12.5. The zero-order valence-electron chi connectivity index (χ0n) is 14.3. The third kappa shape index (κ3) is 3.49. The van der Waals surface area contributed by atoms with Crippen LogP contribution in [0.4, 0.5) is 5.00 Å². The van der Waals surface area contributed by atoms with Gasteiger partial charge >= 0.3 is 0 Å². The highest BCUT2D eigenvalue weighted by atomic mass is 32.1. The summed E-state index contributed by atoms with van der Waals surface area (Å²) in [5, 5.41) is 15.9. The van der Waals surface area contributed by atoms with Gasteiger partial charge in [-0.05, 0) is 49.2 Å². The Bertz CT molecular complexity index is 915. The van der Waals surface area contributed by atoms with Crippen LogP contribution in [-0.2, 0) is 12.8 Å². The van der Waals surface area contributed by atoms with Crippen molar-refractivity contribution in [2.75, 3.05) is 19.5 Å². The minimum absolute atomic E-state index is 0.143. The number of ether oxygens (including phenoxy) is 2. The lowest BCUT2D eigenvalue weighted by atomic mass is 10.1. The van der Waals surface area contributed by atoms with Gasteiger partial charge in [0.1, 0.15) is 22.6 Å². The minimum atomic E-state index is -0.399. The molecule has 8 heteroatoms. The molecule has 1 aliphatic rings. The topological polar surface area (TPSA) is 83.4 Å². The van der Waals surface area contributed by atoms with Gasteiger partial charge in [-0.2, -0.15) is 5.26 Å². The van der Waals surface area contributed by atoms with Gasteiger partial charge in [0.15, 0.2) is 5.11 Å². The number of fused-ring (bicyclic) bond motifs is 1. The van der Waals surface area contributed by atoms with Gasteiger partial charge in [-0.3, -0.25) is 10.1 Å². The Balaban J connectivity index is 1.73. The Kier molecular flexibility index (Phi) is 5.40. The van der Waals surface area contributed by atoms with Crippen molar-refractivity contribution in [2.24, 2.45) is 0 Å². The molecule has 2 aromatic rings. The van der Waals surface area contributed by atoms with Gasteiger partial charge in [0.2, 0.25) is 0 Å². The van der Waals surface area contributed by atoms with E-state index in [0.29, 0.717) is 27.6 Å². The monoisotopic (exact) mass is 387 g/mol. The number of nitrogens with one attached hydrogen (secondary N) is 2. The summed E-state index contributed by atoms with van der Waals surface area (Å²) in [6.45, 7) is 0. The van der Waals surface area contributed by atoms with Crippen molar-refractivity contribution in [3.8, 4) is 17.6 Å². The molecule has 3 rings (SSSR count). The fourth-order valence-electron chi connectivity index (χ4n) is 2.90. The summed E-state index contributed by atoms with van der Waals surface area (Å²) in [5.74, 6) is 0.577. The number of hydrogen-bond donors (Lipinski definition) is 2. The van der Waals surface area contributed by atoms with Crippen LogP contribution in [0.25, 0.3) is 0 Å². The molecule has 0 saturated carbocycles. The fourth-order valence-corrected chi connectivity index (χ4v) is 4.41. The van der Waals surface area contributed by atoms with Crippen molar-refractivity contribution in [1.29, 1.82) is 5.26 Å². The molecule has 26 heavy (non-hydrogen) atoms. The maximum Gasteiger partial charge on any atom is 0.261 e. The molecule has 0 unspecified atom stereocenters. The first-order chi connectivity index (χ1) is 12.6. The van der Waals surface area contributed by atoms with Crippen molar-refractivity contribution in [3.63, 3.8) is 0 Å². The average molecular weight is 387 g/mol. The van der Waals surface area contributed by atoms with Gasteiger partial charge in [0.05, 0.1) is 25.3 Å². The number of amides is 1. The molecule has 1 heterocycles. The molecule has 0 fully saturated rings. The number of anilines is 1. The molecule has 0 atom stereocenters. The number of hydrogen-bond acceptors (Lipinski definition) is 6. The summed E-state index contributed by atoms with van der Waals surface area (Å²) < 4.78 is 10.4. The molecule has 0 radical (unpaired) electrons. The van der Waals surface area contributed by atoms with Crippen LogP contribution in [0.2, 0.25) is 0 Å². The van der Waals surface area contributed by atoms with Gasteiger partial charge in [0, 0.05) is 10.9 Å². The Morgan fingerprint density at radius 3 is 2.81 bits per heavy atom. The van der Waals surface area contributed by atoms with Crippen LogP contribution in [0.15, 0.2) is 18.2 Å². The summed E-state index contributed by atoms with van der Waals surface area (Å²) in [6.07, 6.45) is 2.98. The Morgan fingerprint density at radius 1 is 1.31 bits per heavy atom. The van der Waals surface area contributed by atoms with E-state index >= 15 is 0 Å². The quantitative estimate of drug-likeness (QED) is 0.784. The van der Waals surface area contributed by atoms with Gasteiger partial charge in [0.25, 0.3) is 5.91 Å². The smallest absolute Gasteiger partial charge is 0.261 e. The van der Waals surface area contributed by atoms with Crippen molar-refractivity contribution in [2.45, 2.75) is 19.3 Å². The lowest BCUT2D eigenvalue weighted by Gasteiger charge is -2.12. The van der Waals surface area contributed by atoms with Crippen LogP contribution in [0.1, 0.15) is 32.8 Å². The Morgan fingerprint density at radius 2 is 2.12 bits per heavy atom. The first-order valence-corrected chi connectivity index (χ1v) is 9.18. The first-order valence-electron chi connectivity index (χ1n) is 7.96. The highest BCUT2D eigenvalue weighted by Gasteiger charge is 2.23. The van der Waals surface area contributed by atoms with Gasteiger partial charge < -0.3 is 14.8 Å². The number of benzene rings is 1. The van der Waals surface area contributed by atoms with E-state index in [2.05, 4.69) is 16.7 Å². The zero-order chi connectivity index (χ0) is 18.7. The summed E-state index contributed by atoms with van der Waals surface area (Å²) in [7, 11) is 3.02.